The molecule has 0 bridgehead atoms. The standard InChI is InChI=1S/2C8H15NO7/c2*1-15-8(14)9-4-6(12)5(11)3(2-10)16-7(4)13/h2*3-7,10-13H,2H2,1H3,(H,9,14)/t2*3-,4-,5-,6-,7-/m11/s1. The topological polar surface area (TPSA) is 257 Å². The molecular weight excluding hydrogens is 444 g/mol. The maximum atomic E-state index is 10.9. The summed E-state index contributed by atoms with van der Waals surface area (Å²) in [4.78, 5) is 21.8. The second-order valence-electron chi connectivity index (χ2n) is 6.78. The summed E-state index contributed by atoms with van der Waals surface area (Å²) < 4.78 is 18.2. The molecule has 10 atom stereocenters. The SMILES string of the molecule is COC(=O)N[C@@H]1[C@@H](O)[C@H](O)[C@@H](CO)O[C@H]1O.COC(=O)N[C@@H]1[C@@H](O)[C@H](O)[C@@H](CO)O[C@H]1O. The third-order valence-electron chi connectivity index (χ3n) is 4.74. The molecule has 0 aromatic heterocycles. The molecule has 0 radical (unpaired) electrons. The summed E-state index contributed by atoms with van der Waals surface area (Å²) >= 11 is 0. The fourth-order valence-electron chi connectivity index (χ4n) is 2.90. The Morgan fingerprint density at radius 1 is 0.688 bits per heavy atom. The number of aliphatic hydroxyl groups is 8. The zero-order valence-electron chi connectivity index (χ0n) is 17.2. The van der Waals surface area contributed by atoms with Crippen LogP contribution in [-0.2, 0) is 18.9 Å². The van der Waals surface area contributed by atoms with Gasteiger partial charge in [0.2, 0.25) is 0 Å². The molecule has 2 saturated heterocycles. The van der Waals surface area contributed by atoms with Crippen molar-refractivity contribution in [2.45, 2.75) is 61.3 Å². The Balaban J connectivity index is 0.000000320. The van der Waals surface area contributed by atoms with Gasteiger partial charge in [0.05, 0.1) is 27.4 Å². The summed E-state index contributed by atoms with van der Waals surface area (Å²) in [5, 5.41) is 78.8. The van der Waals surface area contributed by atoms with Crippen molar-refractivity contribution in [1.82, 2.24) is 10.6 Å². The quantitative estimate of drug-likeness (QED) is 0.182. The van der Waals surface area contributed by atoms with Crippen LogP contribution in [0.2, 0.25) is 0 Å². The number of amides is 2. The molecular formula is C16H30N2O14. The number of nitrogens with one attached hydrogen (secondary N) is 2. The third kappa shape index (κ3) is 7.07. The number of hydrogen-bond acceptors (Lipinski definition) is 14. The van der Waals surface area contributed by atoms with E-state index in [1.54, 1.807) is 0 Å². The van der Waals surface area contributed by atoms with Gasteiger partial charge in [0.1, 0.15) is 48.7 Å². The molecule has 0 aliphatic carbocycles. The summed E-state index contributed by atoms with van der Waals surface area (Å²) in [5.41, 5.74) is 0. The van der Waals surface area contributed by atoms with Crippen molar-refractivity contribution < 1.29 is 69.4 Å². The first-order chi connectivity index (χ1) is 15.0. The van der Waals surface area contributed by atoms with E-state index in [2.05, 4.69) is 20.1 Å². The molecule has 188 valence electrons. The first-order valence-corrected chi connectivity index (χ1v) is 9.32. The molecule has 2 aliphatic heterocycles. The Kier molecular flexibility index (Phi) is 11.4. The number of aliphatic hydroxyl groups excluding tert-OH is 8. The molecule has 10 N–H and O–H groups in total. The molecule has 0 spiro atoms. The lowest BCUT2D eigenvalue weighted by atomic mass is 9.97. The van der Waals surface area contributed by atoms with Crippen LogP contribution in [0.3, 0.4) is 0 Å². The van der Waals surface area contributed by atoms with Crippen LogP contribution in [0.5, 0.6) is 0 Å². The number of rotatable bonds is 4. The zero-order valence-corrected chi connectivity index (χ0v) is 17.2. The minimum Gasteiger partial charge on any atom is -0.453 e. The number of alkyl carbamates (subject to hydrolysis) is 2. The van der Waals surface area contributed by atoms with Crippen molar-refractivity contribution in [2.75, 3.05) is 27.4 Å². The van der Waals surface area contributed by atoms with Gasteiger partial charge in [0.25, 0.3) is 0 Å². The van der Waals surface area contributed by atoms with E-state index in [1.807, 2.05) is 0 Å². The Bertz CT molecular complexity index is 547. The second kappa shape index (κ2) is 13.0. The largest absolute Gasteiger partial charge is 0.453 e. The second-order valence-corrected chi connectivity index (χ2v) is 6.78. The van der Waals surface area contributed by atoms with Gasteiger partial charge >= 0.3 is 12.2 Å². The highest BCUT2D eigenvalue weighted by Crippen LogP contribution is 2.20. The lowest BCUT2D eigenvalue weighted by Gasteiger charge is -2.39. The first kappa shape index (κ1) is 28.2. The van der Waals surface area contributed by atoms with Gasteiger partial charge in [-0.2, -0.15) is 0 Å². The molecule has 0 aromatic carbocycles. The molecule has 2 heterocycles. The molecule has 16 heteroatoms. The molecule has 2 aliphatic rings. The molecule has 2 amide bonds. The predicted molar refractivity (Wildman–Crippen MR) is 98.6 cm³/mol. The molecule has 16 nitrogen and oxygen atoms in total. The van der Waals surface area contributed by atoms with Gasteiger partial charge in [0, 0.05) is 0 Å². The number of carbonyl (C=O) groups excluding carboxylic acids is 2. The van der Waals surface area contributed by atoms with E-state index >= 15 is 0 Å². The fraction of sp³-hybridized carbons (Fsp3) is 0.875. The van der Waals surface area contributed by atoms with Crippen LogP contribution in [0.25, 0.3) is 0 Å². The lowest BCUT2D eigenvalue weighted by Crippen LogP contribution is -2.64. The minimum atomic E-state index is -1.53. The van der Waals surface area contributed by atoms with Crippen LogP contribution in [0, 0.1) is 0 Å². The lowest BCUT2D eigenvalue weighted by molar-refractivity contribution is -0.253. The van der Waals surface area contributed by atoms with E-state index in [0.717, 1.165) is 14.2 Å². The maximum Gasteiger partial charge on any atom is 0.407 e. The van der Waals surface area contributed by atoms with Crippen molar-refractivity contribution in [2.24, 2.45) is 0 Å². The fourth-order valence-corrected chi connectivity index (χ4v) is 2.90. The van der Waals surface area contributed by atoms with Crippen LogP contribution in [0.15, 0.2) is 0 Å². The number of carbonyl (C=O) groups is 2. The molecule has 0 unspecified atom stereocenters. The highest BCUT2D eigenvalue weighted by atomic mass is 16.6. The highest BCUT2D eigenvalue weighted by Gasteiger charge is 2.45. The zero-order chi connectivity index (χ0) is 24.6. The number of hydrogen-bond donors (Lipinski definition) is 10. The van der Waals surface area contributed by atoms with Crippen LogP contribution >= 0.6 is 0 Å². The summed E-state index contributed by atoms with van der Waals surface area (Å²) in [5.74, 6) is 0. The maximum absolute atomic E-state index is 10.9. The van der Waals surface area contributed by atoms with Crippen molar-refractivity contribution >= 4 is 12.2 Å². The van der Waals surface area contributed by atoms with Crippen molar-refractivity contribution in [3.8, 4) is 0 Å². The van der Waals surface area contributed by atoms with Crippen LogP contribution in [0.1, 0.15) is 0 Å². The molecule has 2 rings (SSSR count). The van der Waals surface area contributed by atoms with E-state index in [-0.39, 0.29) is 0 Å². The number of ether oxygens (including phenoxy) is 4. The monoisotopic (exact) mass is 474 g/mol. The Hall–Kier alpha value is -1.86. The first-order valence-electron chi connectivity index (χ1n) is 9.32. The van der Waals surface area contributed by atoms with E-state index in [9.17, 15) is 40.2 Å². The van der Waals surface area contributed by atoms with Crippen LogP contribution in [0.4, 0.5) is 9.59 Å². The average Bonchev–Trinajstić information content (AvgIpc) is 2.78. The average molecular weight is 474 g/mol. The molecule has 32 heavy (non-hydrogen) atoms. The van der Waals surface area contributed by atoms with E-state index in [4.69, 9.17) is 19.7 Å². The van der Waals surface area contributed by atoms with Gasteiger partial charge < -0.3 is 70.4 Å². The van der Waals surface area contributed by atoms with E-state index < -0.39 is 86.7 Å². The van der Waals surface area contributed by atoms with Gasteiger partial charge in [-0.05, 0) is 0 Å². The van der Waals surface area contributed by atoms with E-state index in [1.165, 1.54) is 0 Å². The third-order valence-corrected chi connectivity index (χ3v) is 4.74. The smallest absolute Gasteiger partial charge is 0.407 e. The summed E-state index contributed by atoms with van der Waals surface area (Å²) in [7, 11) is 2.23. The van der Waals surface area contributed by atoms with Gasteiger partial charge in [-0.15, -0.1) is 0 Å². The summed E-state index contributed by atoms with van der Waals surface area (Å²) in [6, 6.07) is -2.43. The number of methoxy groups -OCH3 is 2. The highest BCUT2D eigenvalue weighted by molar-refractivity contribution is 5.67. The van der Waals surface area contributed by atoms with Crippen molar-refractivity contribution in [1.29, 1.82) is 0 Å². The van der Waals surface area contributed by atoms with Crippen LogP contribution < -0.4 is 10.6 Å². The van der Waals surface area contributed by atoms with Crippen molar-refractivity contribution in [3.63, 3.8) is 0 Å². The predicted octanol–water partition coefficient (Wildman–Crippen LogP) is -5.72. The van der Waals surface area contributed by atoms with Crippen molar-refractivity contribution in [3.05, 3.63) is 0 Å². The molecule has 2 fully saturated rings. The molecule has 0 saturated carbocycles. The normalized spacial score (nSPS) is 39.2. The van der Waals surface area contributed by atoms with Gasteiger partial charge in [-0.1, -0.05) is 0 Å². The van der Waals surface area contributed by atoms with Gasteiger partial charge in [0.15, 0.2) is 12.6 Å². The molecule has 0 aromatic rings. The minimum absolute atomic E-state index is 0.555. The summed E-state index contributed by atoms with van der Waals surface area (Å²) in [6.07, 6.45) is -12.7. The van der Waals surface area contributed by atoms with Gasteiger partial charge in [-0.25, -0.2) is 9.59 Å². The van der Waals surface area contributed by atoms with E-state index in [0.29, 0.717) is 0 Å². The van der Waals surface area contributed by atoms with Gasteiger partial charge in [-0.3, -0.25) is 0 Å². The Morgan fingerprint density at radius 3 is 1.25 bits per heavy atom. The Labute approximate surface area is 181 Å². The van der Waals surface area contributed by atoms with Crippen LogP contribution in [-0.4, -0.2) is 142 Å². The Morgan fingerprint density at radius 2 is 1.00 bits per heavy atom. The summed E-state index contributed by atoms with van der Waals surface area (Å²) in [6.45, 7) is -1.11.